The van der Waals surface area contributed by atoms with Gasteiger partial charge in [-0.05, 0) is 109 Å². The molecule has 0 aliphatic rings. The summed E-state index contributed by atoms with van der Waals surface area (Å²) in [6.07, 6.45) is -9.02. The number of alkyl halides is 6. The molecule has 0 N–H and O–H groups in total. The van der Waals surface area contributed by atoms with E-state index in [1.807, 2.05) is 60.7 Å². The van der Waals surface area contributed by atoms with Gasteiger partial charge in [0, 0.05) is 23.9 Å². The van der Waals surface area contributed by atoms with Crippen LogP contribution in [0.15, 0.2) is 55.4 Å². The number of hydrogen-bond donors (Lipinski definition) is 0. The number of thioether (sulfide) groups is 2. The number of rotatable bonds is 6. The Morgan fingerprint density at radius 3 is 1.52 bits per heavy atom. The molecule has 0 bridgehead atoms. The normalized spacial score (nSPS) is 12.1. The fourth-order valence-electron chi connectivity index (χ4n) is 5.05. The van der Waals surface area contributed by atoms with E-state index in [2.05, 4.69) is 61.8 Å². The molecule has 0 unspecified atom stereocenters. The molecule has 19 heteroatoms. The average Bonchev–Trinajstić information content (AvgIpc) is 3.55. The van der Waals surface area contributed by atoms with Gasteiger partial charge in [-0.15, -0.1) is 23.5 Å². The molecule has 6 heterocycles. The first kappa shape index (κ1) is 38.7. The second-order valence-electron chi connectivity index (χ2n) is 10.4. The molecule has 6 aromatic rings. The van der Waals surface area contributed by atoms with Crippen LogP contribution in [0.2, 0.25) is 0 Å². The number of imidazole rings is 2. The smallest absolute Gasteiger partial charge is 0.324 e. The Morgan fingerprint density at radius 2 is 1.08 bits per heavy atom. The number of fused-ring (bicyclic) bond motifs is 2. The lowest BCUT2D eigenvalue weighted by molar-refractivity contribution is -0.141. The standard InChI is InChI=1S/C16H14BrF3N4S.C15H11BrF3IN4S/c1-4-25-10-5-6-12(17)23-13(10)15-22-9-7-11(16(18,19)20)21-8(2)14(9)24(15)3;1-3-25-8-4-5-10(16)23-11(8)14-21-7-6-9(15(17,18)19)22-13(20)12(7)24(14)2/h5-7H,4H2,1-3H3;4-6H,3H2,1-2H3. The molecule has 264 valence electrons. The van der Waals surface area contributed by atoms with Gasteiger partial charge < -0.3 is 9.13 Å². The molecule has 0 atom stereocenters. The Morgan fingerprint density at radius 1 is 0.660 bits per heavy atom. The highest BCUT2D eigenvalue weighted by Crippen LogP contribution is 2.37. The second-order valence-corrected chi connectivity index (χ2v) is 15.7. The second kappa shape index (κ2) is 15.2. The van der Waals surface area contributed by atoms with Gasteiger partial charge in [0.25, 0.3) is 0 Å². The van der Waals surface area contributed by atoms with Crippen LogP contribution in [-0.2, 0) is 26.4 Å². The topological polar surface area (TPSA) is 87.2 Å². The van der Waals surface area contributed by atoms with Crippen molar-refractivity contribution >= 4 is 100 Å². The lowest BCUT2D eigenvalue weighted by atomic mass is 10.2. The van der Waals surface area contributed by atoms with Gasteiger partial charge in [0.1, 0.15) is 41.2 Å². The summed E-state index contributed by atoms with van der Waals surface area (Å²) in [5, 5.41) is 0. The summed E-state index contributed by atoms with van der Waals surface area (Å²) in [6.45, 7) is 5.60. The molecule has 50 heavy (non-hydrogen) atoms. The van der Waals surface area contributed by atoms with Gasteiger partial charge in [0.15, 0.2) is 11.6 Å². The Balaban J connectivity index is 0.000000194. The van der Waals surface area contributed by atoms with Crippen LogP contribution in [0.1, 0.15) is 30.9 Å². The number of aromatic nitrogens is 8. The first-order chi connectivity index (χ1) is 23.4. The first-order valence-electron chi connectivity index (χ1n) is 14.5. The molecule has 0 radical (unpaired) electrons. The lowest BCUT2D eigenvalue weighted by Crippen LogP contribution is -2.09. The number of aryl methyl sites for hydroxylation is 3. The summed E-state index contributed by atoms with van der Waals surface area (Å²) in [7, 11) is 3.51. The number of nitrogens with zero attached hydrogens (tertiary/aromatic N) is 8. The fourth-order valence-corrected chi connectivity index (χ4v) is 8.07. The largest absolute Gasteiger partial charge is 0.433 e. The van der Waals surface area contributed by atoms with Crippen molar-refractivity contribution in [3.8, 4) is 23.0 Å². The van der Waals surface area contributed by atoms with Crippen molar-refractivity contribution in [1.82, 2.24) is 39.0 Å². The molecule has 0 aliphatic heterocycles. The van der Waals surface area contributed by atoms with Crippen molar-refractivity contribution in [3.63, 3.8) is 0 Å². The maximum Gasteiger partial charge on any atom is 0.433 e. The Hall–Kier alpha value is -2.49. The number of pyridine rings is 4. The molecule has 0 saturated carbocycles. The van der Waals surface area contributed by atoms with Crippen LogP contribution in [0.5, 0.6) is 0 Å². The van der Waals surface area contributed by atoms with Gasteiger partial charge in [0.2, 0.25) is 0 Å². The van der Waals surface area contributed by atoms with E-state index in [4.69, 9.17) is 0 Å². The zero-order chi connectivity index (χ0) is 36.7. The lowest BCUT2D eigenvalue weighted by Gasteiger charge is -2.09. The zero-order valence-corrected chi connectivity index (χ0v) is 33.6. The molecule has 0 spiro atoms. The maximum absolute atomic E-state index is 13.0. The SMILES string of the molecule is CCSc1ccc(Br)nc1-c1nc2cc(C(F)(F)F)nc(C)c2n1C.CCSc1ccc(Br)nc1-c1nc2cc(C(F)(F)F)nc(I)c2n1C. The van der Waals surface area contributed by atoms with E-state index < -0.39 is 23.7 Å². The van der Waals surface area contributed by atoms with Crippen LogP contribution in [0.4, 0.5) is 26.3 Å². The summed E-state index contributed by atoms with van der Waals surface area (Å²) < 4.78 is 83.1. The molecule has 0 aliphatic carbocycles. The van der Waals surface area contributed by atoms with E-state index in [1.54, 1.807) is 53.7 Å². The van der Waals surface area contributed by atoms with Gasteiger partial charge in [-0.3, -0.25) is 0 Å². The van der Waals surface area contributed by atoms with Crippen molar-refractivity contribution < 1.29 is 26.3 Å². The molecule has 8 nitrogen and oxygen atoms in total. The van der Waals surface area contributed by atoms with Gasteiger partial charge >= 0.3 is 12.4 Å². The van der Waals surface area contributed by atoms with Crippen LogP contribution >= 0.6 is 78.0 Å². The van der Waals surface area contributed by atoms with Crippen LogP contribution in [0, 0.1) is 10.6 Å². The van der Waals surface area contributed by atoms with Crippen LogP contribution in [0.25, 0.3) is 45.1 Å². The van der Waals surface area contributed by atoms with Gasteiger partial charge in [-0.1, -0.05) is 13.8 Å². The molecular formula is C31H25Br2F6IN8S2. The first-order valence-corrected chi connectivity index (χ1v) is 19.2. The van der Waals surface area contributed by atoms with Gasteiger partial charge in [-0.25, -0.2) is 29.9 Å². The highest BCUT2D eigenvalue weighted by Gasteiger charge is 2.35. The molecule has 6 rings (SSSR count). The molecule has 0 fully saturated rings. The fraction of sp³-hybridized carbons (Fsp3) is 0.290. The van der Waals surface area contributed by atoms with E-state index in [0.717, 1.165) is 33.4 Å². The van der Waals surface area contributed by atoms with Gasteiger partial charge in [-0.2, -0.15) is 26.3 Å². The number of hydrogen-bond acceptors (Lipinski definition) is 8. The van der Waals surface area contributed by atoms with E-state index in [9.17, 15) is 26.3 Å². The minimum Gasteiger partial charge on any atom is -0.324 e. The summed E-state index contributed by atoms with van der Waals surface area (Å²) in [4.78, 5) is 27.0. The zero-order valence-electron chi connectivity index (χ0n) is 26.7. The average molecular weight is 974 g/mol. The quantitative estimate of drug-likeness (QED) is 0.0706. The Bertz CT molecular complexity index is 2070. The Kier molecular flexibility index (Phi) is 11.8. The van der Waals surface area contributed by atoms with Gasteiger partial charge in [0.05, 0.1) is 22.2 Å². The predicted octanol–water partition coefficient (Wildman–Crippen LogP) is 10.8. The Labute approximate surface area is 321 Å². The summed E-state index contributed by atoms with van der Waals surface area (Å²) in [5.74, 6) is 2.71. The van der Waals surface area contributed by atoms with Crippen molar-refractivity contribution in [3.05, 3.63) is 66.4 Å². The minimum atomic E-state index is -4.51. The third-order valence-electron chi connectivity index (χ3n) is 7.09. The predicted molar refractivity (Wildman–Crippen MR) is 199 cm³/mol. The van der Waals surface area contributed by atoms with Crippen molar-refractivity contribution in [1.29, 1.82) is 0 Å². The maximum atomic E-state index is 13.0. The third-order valence-corrected chi connectivity index (χ3v) is 10.6. The van der Waals surface area contributed by atoms with Crippen LogP contribution in [0.3, 0.4) is 0 Å². The van der Waals surface area contributed by atoms with Crippen LogP contribution < -0.4 is 0 Å². The minimum absolute atomic E-state index is 0.249. The van der Waals surface area contributed by atoms with Crippen molar-refractivity contribution in [2.75, 3.05) is 11.5 Å². The molecule has 0 aromatic carbocycles. The van der Waals surface area contributed by atoms with E-state index in [-0.39, 0.29) is 20.4 Å². The summed E-state index contributed by atoms with van der Waals surface area (Å²) >= 11 is 11.7. The van der Waals surface area contributed by atoms with Crippen molar-refractivity contribution in [2.45, 2.75) is 42.9 Å². The van der Waals surface area contributed by atoms with E-state index in [1.165, 1.54) is 0 Å². The monoisotopic (exact) mass is 972 g/mol. The summed E-state index contributed by atoms with van der Waals surface area (Å²) in [6, 6.07) is 9.47. The highest BCUT2D eigenvalue weighted by molar-refractivity contribution is 14.1. The highest BCUT2D eigenvalue weighted by atomic mass is 127. The molecule has 0 saturated heterocycles. The van der Waals surface area contributed by atoms with Crippen molar-refractivity contribution in [2.24, 2.45) is 14.1 Å². The van der Waals surface area contributed by atoms with E-state index in [0.29, 0.717) is 43.3 Å². The van der Waals surface area contributed by atoms with Crippen LogP contribution in [-0.4, -0.2) is 50.5 Å². The molecule has 6 aromatic heterocycles. The molecule has 0 amide bonds. The molecular weight excluding hydrogens is 949 g/mol. The summed E-state index contributed by atoms with van der Waals surface area (Å²) in [5.41, 5.74) is 1.29. The number of halogens is 9. The third kappa shape index (κ3) is 8.10. The van der Waals surface area contributed by atoms with E-state index >= 15 is 0 Å².